The molecule has 0 aliphatic rings. The van der Waals surface area contributed by atoms with Crippen LogP contribution in [0.5, 0.6) is 11.6 Å². The maximum Gasteiger partial charge on any atom is 0.232 e. The number of hydrogen-bond acceptors (Lipinski definition) is 5. The van der Waals surface area contributed by atoms with Crippen molar-refractivity contribution in [3.05, 3.63) is 70.9 Å². The Hall–Kier alpha value is -2.57. The molecule has 6 nitrogen and oxygen atoms in total. The normalized spacial score (nSPS) is 13.2. The van der Waals surface area contributed by atoms with E-state index in [1.54, 1.807) is 26.6 Å². The maximum absolute atomic E-state index is 6.25. The van der Waals surface area contributed by atoms with Crippen molar-refractivity contribution in [2.75, 3.05) is 14.2 Å². The Balaban J connectivity index is 1.97. The number of nitrogens with zero attached hydrogens (tertiary/aromatic N) is 3. The smallest absolute Gasteiger partial charge is 0.232 e. The van der Waals surface area contributed by atoms with E-state index in [0.29, 0.717) is 10.9 Å². The van der Waals surface area contributed by atoms with Gasteiger partial charge in [-0.25, -0.2) is 9.97 Å². The molecule has 0 fully saturated rings. The highest BCUT2D eigenvalue weighted by atomic mass is 35.5. The highest BCUT2D eigenvalue weighted by Crippen LogP contribution is 2.32. The van der Waals surface area contributed by atoms with Gasteiger partial charge in [0.15, 0.2) is 0 Å². The number of imidazole rings is 1. The van der Waals surface area contributed by atoms with Crippen molar-refractivity contribution in [2.45, 2.75) is 19.0 Å². The van der Waals surface area contributed by atoms with Gasteiger partial charge in [0, 0.05) is 37.2 Å². The van der Waals surface area contributed by atoms with E-state index in [1.807, 2.05) is 48.1 Å². The quantitative estimate of drug-likeness (QED) is 0.666. The Morgan fingerprint density at radius 3 is 2.56 bits per heavy atom. The van der Waals surface area contributed by atoms with Gasteiger partial charge < -0.3 is 14.0 Å². The summed E-state index contributed by atoms with van der Waals surface area (Å²) in [6.45, 7) is 2.06. The van der Waals surface area contributed by atoms with Crippen molar-refractivity contribution >= 4 is 11.6 Å². The van der Waals surface area contributed by atoms with Crippen LogP contribution in [0.4, 0.5) is 0 Å². The van der Waals surface area contributed by atoms with E-state index < -0.39 is 0 Å². The van der Waals surface area contributed by atoms with Gasteiger partial charge in [0.25, 0.3) is 0 Å². The first-order valence-electron chi connectivity index (χ1n) is 8.60. The van der Waals surface area contributed by atoms with Crippen molar-refractivity contribution in [1.29, 1.82) is 0 Å². The van der Waals surface area contributed by atoms with Crippen LogP contribution in [0.2, 0.25) is 5.02 Å². The Morgan fingerprint density at radius 1 is 1.15 bits per heavy atom. The molecule has 0 saturated heterocycles. The number of nitrogens with one attached hydrogen (secondary N) is 1. The van der Waals surface area contributed by atoms with E-state index in [2.05, 4.69) is 22.2 Å². The highest BCUT2D eigenvalue weighted by molar-refractivity contribution is 6.31. The Labute approximate surface area is 164 Å². The minimum atomic E-state index is -0.169. The summed E-state index contributed by atoms with van der Waals surface area (Å²) in [6, 6.07) is 9.59. The van der Waals surface area contributed by atoms with Gasteiger partial charge >= 0.3 is 0 Å². The first kappa shape index (κ1) is 19.2. The third-order valence-corrected chi connectivity index (χ3v) is 4.78. The molecular formula is C20H23ClN4O2. The van der Waals surface area contributed by atoms with Gasteiger partial charge in [-0.15, -0.1) is 0 Å². The number of hydrogen-bond donors (Lipinski definition) is 1. The molecule has 1 aromatic carbocycles. The summed E-state index contributed by atoms with van der Waals surface area (Å²) in [5.74, 6) is 2.10. The number of benzene rings is 1. The molecule has 2 atom stereocenters. The predicted octanol–water partition coefficient (Wildman–Crippen LogP) is 3.93. The summed E-state index contributed by atoms with van der Waals surface area (Å²) in [7, 11) is 5.20. The second-order valence-electron chi connectivity index (χ2n) is 6.22. The maximum atomic E-state index is 6.25. The van der Waals surface area contributed by atoms with Crippen LogP contribution < -0.4 is 14.8 Å². The predicted molar refractivity (Wildman–Crippen MR) is 105 cm³/mol. The van der Waals surface area contributed by atoms with Gasteiger partial charge in [-0.2, -0.15) is 0 Å². The molecule has 2 unspecified atom stereocenters. The van der Waals surface area contributed by atoms with Gasteiger partial charge in [-0.3, -0.25) is 5.32 Å². The molecule has 0 bridgehead atoms. The zero-order valence-electron chi connectivity index (χ0n) is 15.8. The minimum Gasteiger partial charge on any atom is -0.496 e. The standard InChI is InChI=1S/C20H23ClN4O2/c1-13(14-11-16(21)20(27-4)23-12-14)24-18(19-22-9-10-25(19)2)15-7-5-6-8-17(15)26-3/h5-13,18,24H,1-4H3. The van der Waals surface area contributed by atoms with Crippen LogP contribution in [0.15, 0.2) is 48.9 Å². The van der Waals surface area contributed by atoms with Crippen molar-refractivity contribution in [2.24, 2.45) is 7.05 Å². The fourth-order valence-electron chi connectivity index (χ4n) is 3.04. The molecule has 3 rings (SSSR count). The van der Waals surface area contributed by atoms with E-state index in [4.69, 9.17) is 21.1 Å². The average molecular weight is 387 g/mol. The van der Waals surface area contributed by atoms with Gasteiger partial charge in [0.05, 0.1) is 20.3 Å². The SMILES string of the molecule is COc1ccccc1C(NC(C)c1cnc(OC)c(Cl)c1)c1nccn1C. The van der Waals surface area contributed by atoms with Crippen molar-refractivity contribution in [3.8, 4) is 11.6 Å². The molecule has 0 spiro atoms. The summed E-state index contributed by atoms with van der Waals surface area (Å²) in [5, 5.41) is 4.11. The van der Waals surface area contributed by atoms with Gasteiger partial charge in [0.2, 0.25) is 5.88 Å². The van der Waals surface area contributed by atoms with Crippen LogP contribution in [0.1, 0.15) is 36.0 Å². The third kappa shape index (κ3) is 4.07. The number of methoxy groups -OCH3 is 2. The van der Waals surface area contributed by atoms with E-state index in [1.165, 1.54) is 0 Å². The fraction of sp³-hybridized carbons (Fsp3) is 0.300. The van der Waals surface area contributed by atoms with Gasteiger partial charge in [-0.05, 0) is 24.6 Å². The zero-order valence-corrected chi connectivity index (χ0v) is 16.6. The topological polar surface area (TPSA) is 61.2 Å². The van der Waals surface area contributed by atoms with Crippen LogP contribution >= 0.6 is 11.6 Å². The molecule has 3 aromatic rings. The monoisotopic (exact) mass is 386 g/mol. The zero-order chi connectivity index (χ0) is 19.4. The van der Waals surface area contributed by atoms with Crippen LogP contribution in [0.3, 0.4) is 0 Å². The van der Waals surface area contributed by atoms with Crippen molar-refractivity contribution < 1.29 is 9.47 Å². The number of aryl methyl sites for hydroxylation is 1. The molecule has 0 saturated carbocycles. The van der Waals surface area contributed by atoms with E-state index in [9.17, 15) is 0 Å². The second-order valence-corrected chi connectivity index (χ2v) is 6.63. The molecule has 0 aliphatic heterocycles. The van der Waals surface area contributed by atoms with E-state index >= 15 is 0 Å². The van der Waals surface area contributed by atoms with Gasteiger partial charge in [0.1, 0.15) is 16.6 Å². The highest BCUT2D eigenvalue weighted by Gasteiger charge is 2.24. The molecule has 142 valence electrons. The summed E-state index contributed by atoms with van der Waals surface area (Å²) < 4.78 is 12.7. The molecule has 7 heteroatoms. The van der Waals surface area contributed by atoms with E-state index in [0.717, 1.165) is 22.7 Å². The van der Waals surface area contributed by atoms with Crippen molar-refractivity contribution in [3.63, 3.8) is 0 Å². The molecule has 0 amide bonds. The average Bonchev–Trinajstić information content (AvgIpc) is 3.11. The van der Waals surface area contributed by atoms with Crippen molar-refractivity contribution in [1.82, 2.24) is 19.9 Å². The molecule has 27 heavy (non-hydrogen) atoms. The largest absolute Gasteiger partial charge is 0.496 e. The number of halogens is 1. The summed E-state index contributed by atoms with van der Waals surface area (Å²) in [5.41, 5.74) is 1.96. The summed E-state index contributed by atoms with van der Waals surface area (Å²) >= 11 is 6.25. The van der Waals surface area contributed by atoms with Crippen LogP contribution in [-0.4, -0.2) is 28.8 Å². The third-order valence-electron chi connectivity index (χ3n) is 4.51. The molecule has 2 aromatic heterocycles. The molecule has 0 aliphatic carbocycles. The first-order chi connectivity index (χ1) is 13.0. The Bertz CT molecular complexity index is 913. The van der Waals surface area contributed by atoms with Crippen LogP contribution in [0, 0.1) is 0 Å². The van der Waals surface area contributed by atoms with Crippen LogP contribution in [-0.2, 0) is 7.05 Å². The lowest BCUT2D eigenvalue weighted by molar-refractivity contribution is 0.393. The number of rotatable bonds is 7. The first-order valence-corrected chi connectivity index (χ1v) is 8.98. The number of aromatic nitrogens is 3. The Kier molecular flexibility index (Phi) is 5.98. The molecular weight excluding hydrogens is 364 g/mol. The number of ether oxygens (including phenoxy) is 2. The molecule has 1 N–H and O–H groups in total. The summed E-state index contributed by atoms with van der Waals surface area (Å²) in [6.07, 6.45) is 5.48. The molecule has 0 radical (unpaired) electrons. The van der Waals surface area contributed by atoms with Gasteiger partial charge in [-0.1, -0.05) is 29.8 Å². The summed E-state index contributed by atoms with van der Waals surface area (Å²) in [4.78, 5) is 8.81. The lowest BCUT2D eigenvalue weighted by atomic mass is 10.0. The lowest BCUT2D eigenvalue weighted by Crippen LogP contribution is -2.28. The fourth-order valence-corrected chi connectivity index (χ4v) is 3.29. The second kappa shape index (κ2) is 8.41. The number of para-hydroxylation sites is 1. The minimum absolute atomic E-state index is 0.0347. The number of pyridine rings is 1. The Morgan fingerprint density at radius 2 is 1.93 bits per heavy atom. The lowest BCUT2D eigenvalue weighted by Gasteiger charge is -2.25. The molecule has 2 heterocycles. The van der Waals surface area contributed by atoms with E-state index in [-0.39, 0.29) is 12.1 Å². The van der Waals surface area contributed by atoms with Crippen LogP contribution in [0.25, 0.3) is 0 Å².